The lowest BCUT2D eigenvalue weighted by atomic mass is 9.52. The lowest BCUT2D eigenvalue weighted by molar-refractivity contribution is -0.123. The molecule has 0 radical (unpaired) electrons. The van der Waals surface area contributed by atoms with Crippen LogP contribution in [0.25, 0.3) is 0 Å². The van der Waals surface area contributed by atoms with Crippen molar-refractivity contribution in [3.8, 4) is 12.8 Å². The minimum atomic E-state index is -0.787. The van der Waals surface area contributed by atoms with Crippen LogP contribution in [0.1, 0.15) is 103 Å². The van der Waals surface area contributed by atoms with E-state index in [0.717, 1.165) is 25.0 Å². The Kier molecular flexibility index (Phi) is 12.3. The third kappa shape index (κ3) is 7.27. The largest absolute Gasteiger partial charge is 0.465 e. The summed E-state index contributed by atoms with van der Waals surface area (Å²) < 4.78 is 36.1. The highest BCUT2D eigenvalue weighted by Gasteiger charge is 2.48. The first kappa shape index (κ1) is 33.4. The van der Waals surface area contributed by atoms with Gasteiger partial charge < -0.3 is 20.3 Å². The van der Waals surface area contributed by atoms with Crippen LogP contribution in [0, 0.1) is 35.8 Å². The van der Waals surface area contributed by atoms with Crippen LogP contribution >= 0.6 is 0 Å². The number of nitrogens with one attached hydrogen (secondary N) is 2. The number of ether oxygens (including phenoxy) is 1. The third-order valence-corrected chi connectivity index (χ3v) is 9.16. The van der Waals surface area contributed by atoms with Gasteiger partial charge in [0.25, 0.3) is 6.02 Å². The Morgan fingerprint density at radius 2 is 1.69 bits per heavy atom. The Labute approximate surface area is 251 Å². The van der Waals surface area contributed by atoms with Crippen LogP contribution in [0.2, 0.25) is 0 Å². The number of piperidine rings is 1. The molecular weight excluding hydrogens is 534 g/mol. The van der Waals surface area contributed by atoms with E-state index in [1.165, 1.54) is 49.8 Å². The zero-order chi connectivity index (χ0) is 30.9. The molecule has 0 aromatic heterocycles. The highest BCUT2D eigenvalue weighted by Crippen LogP contribution is 2.58. The highest BCUT2D eigenvalue weighted by molar-refractivity contribution is 5.86. The fourth-order valence-corrected chi connectivity index (χ4v) is 6.69. The highest BCUT2D eigenvalue weighted by atomic mass is 19.1. The van der Waals surface area contributed by atoms with E-state index in [-0.39, 0.29) is 17.5 Å². The van der Waals surface area contributed by atoms with Crippen molar-refractivity contribution >= 4 is 17.6 Å². The summed E-state index contributed by atoms with van der Waals surface area (Å²) in [5.74, 6) is -1.76. The predicted molar refractivity (Wildman–Crippen MR) is 167 cm³/mol. The molecule has 232 valence electrons. The van der Waals surface area contributed by atoms with Gasteiger partial charge in [0.05, 0.1) is 18.6 Å². The van der Waals surface area contributed by atoms with Crippen molar-refractivity contribution in [3.63, 3.8) is 0 Å². The number of terminal acetylenes is 1. The average molecular weight is 585 g/mol. The van der Waals surface area contributed by atoms with Crippen molar-refractivity contribution < 1.29 is 18.3 Å². The van der Waals surface area contributed by atoms with Gasteiger partial charge in [-0.1, -0.05) is 39.7 Å². The number of carbonyl (C=O) groups is 1. The summed E-state index contributed by atoms with van der Waals surface area (Å²) >= 11 is 0. The molecule has 1 aromatic carbocycles. The molecule has 1 unspecified atom stereocenters. The molecule has 2 aliphatic heterocycles. The molecule has 3 aliphatic carbocycles. The Hall–Kier alpha value is -3.08. The number of carbonyl (C=O) groups excluding carboxylic acids is 1. The van der Waals surface area contributed by atoms with E-state index >= 15 is 8.78 Å². The maximum atomic E-state index is 15.1. The summed E-state index contributed by atoms with van der Waals surface area (Å²) in [7, 11) is 1.71. The van der Waals surface area contributed by atoms with E-state index in [9.17, 15) is 4.79 Å². The standard InChI is InChI=1S/C28H36F2N4O2.2C2H6.C2H2/c1-31-27(36-16-17-12-28(13-17)8-3-9-28)32-19-14-34(15-19)20-10-22(29)25(23(30)11-20)21-6-7-24(33-26(21)35)18-4-2-5-18;3*1-2/h10-11,17,19,21H,2-9,12-16H2,1H3,(H,31,32)(H,33,35);2*1-2H3;1-2H. The number of aliphatic imine (C=N–C) groups is 1. The fraction of sp³-hybridized carbons (Fsp3) is 0.647. The molecular formula is C34H50F2N4O2. The molecule has 0 bridgehead atoms. The van der Waals surface area contributed by atoms with Gasteiger partial charge in [0.1, 0.15) is 11.6 Å². The van der Waals surface area contributed by atoms with Gasteiger partial charge in [0, 0.05) is 37.1 Å². The second-order valence-corrected chi connectivity index (χ2v) is 11.6. The smallest absolute Gasteiger partial charge is 0.284 e. The zero-order valence-electron chi connectivity index (χ0n) is 26.2. The Morgan fingerprint density at radius 3 is 2.17 bits per heavy atom. The summed E-state index contributed by atoms with van der Waals surface area (Å²) in [5.41, 5.74) is 3.27. The lowest BCUT2D eigenvalue weighted by Gasteiger charge is -2.54. The molecule has 1 amide bonds. The first-order chi connectivity index (χ1) is 20.4. The SMILES string of the molecule is C#C.CC.CC.CN=C(NC1CN(c2cc(F)c(C3CCC(=C4CCC4)NC3=O)c(F)c2)C1)OCC1CC2(CCC2)C1. The van der Waals surface area contributed by atoms with Gasteiger partial charge in [-0.25, -0.2) is 13.8 Å². The van der Waals surface area contributed by atoms with Crippen molar-refractivity contribution in [1.82, 2.24) is 10.6 Å². The number of nitrogens with zero attached hydrogens (tertiary/aromatic N) is 2. The number of rotatable bonds is 5. The summed E-state index contributed by atoms with van der Waals surface area (Å²) in [5, 5.41) is 6.23. The molecule has 6 nitrogen and oxygen atoms in total. The second-order valence-electron chi connectivity index (χ2n) is 11.6. The summed E-state index contributed by atoms with van der Waals surface area (Å²) in [6.07, 6.45) is 19.0. The minimum Gasteiger partial charge on any atom is -0.465 e. The molecule has 2 heterocycles. The van der Waals surface area contributed by atoms with Crippen LogP contribution < -0.4 is 15.5 Å². The van der Waals surface area contributed by atoms with Crippen LogP contribution in [-0.4, -0.2) is 44.7 Å². The topological polar surface area (TPSA) is 66.0 Å². The number of benzene rings is 1. The fourth-order valence-electron chi connectivity index (χ4n) is 6.69. The number of anilines is 1. The van der Waals surface area contributed by atoms with Gasteiger partial charge in [-0.3, -0.25) is 4.79 Å². The summed E-state index contributed by atoms with van der Waals surface area (Å²) in [6.45, 7) is 9.91. The Bertz CT molecular complexity index is 1110. The van der Waals surface area contributed by atoms with Crippen LogP contribution in [0.4, 0.5) is 14.5 Å². The average Bonchev–Trinajstić information content (AvgIpc) is 2.90. The van der Waals surface area contributed by atoms with E-state index < -0.39 is 17.6 Å². The van der Waals surface area contributed by atoms with Gasteiger partial charge in [-0.15, -0.1) is 12.8 Å². The summed E-state index contributed by atoms with van der Waals surface area (Å²) in [6, 6.07) is 3.37. The van der Waals surface area contributed by atoms with Crippen molar-refractivity contribution in [3.05, 3.63) is 40.6 Å². The van der Waals surface area contributed by atoms with E-state index in [0.29, 0.717) is 55.6 Å². The van der Waals surface area contributed by atoms with E-state index in [1.54, 1.807) is 7.05 Å². The molecule has 2 saturated heterocycles. The van der Waals surface area contributed by atoms with Crippen molar-refractivity contribution in [1.29, 1.82) is 0 Å². The Balaban J connectivity index is 0.000000760. The van der Waals surface area contributed by atoms with Gasteiger partial charge in [0.15, 0.2) is 0 Å². The van der Waals surface area contributed by atoms with Crippen molar-refractivity contribution in [2.24, 2.45) is 16.3 Å². The Morgan fingerprint density at radius 1 is 1.07 bits per heavy atom. The van der Waals surface area contributed by atoms with E-state index in [2.05, 4.69) is 28.5 Å². The molecule has 6 rings (SSSR count). The molecule has 1 aromatic rings. The molecule has 2 N–H and O–H groups in total. The maximum Gasteiger partial charge on any atom is 0.284 e. The number of amides is 1. The zero-order valence-corrected chi connectivity index (χ0v) is 26.2. The summed E-state index contributed by atoms with van der Waals surface area (Å²) in [4.78, 5) is 18.8. The first-order valence-electron chi connectivity index (χ1n) is 15.9. The van der Waals surface area contributed by atoms with Gasteiger partial charge >= 0.3 is 0 Å². The van der Waals surface area contributed by atoms with Gasteiger partial charge in [-0.05, 0) is 81.3 Å². The predicted octanol–water partition coefficient (Wildman–Crippen LogP) is 7.06. The number of amidine groups is 1. The molecule has 3 saturated carbocycles. The van der Waals surface area contributed by atoms with E-state index in [1.807, 2.05) is 32.6 Å². The number of hydrogen-bond donors (Lipinski definition) is 2. The molecule has 5 fully saturated rings. The van der Waals surface area contributed by atoms with Crippen molar-refractivity contribution in [2.45, 2.75) is 104 Å². The minimum absolute atomic E-state index is 0.107. The lowest BCUT2D eigenvalue weighted by Crippen LogP contribution is -2.60. The van der Waals surface area contributed by atoms with Gasteiger partial charge in [0.2, 0.25) is 5.91 Å². The molecule has 1 atom stereocenters. The molecule has 5 aliphatic rings. The third-order valence-electron chi connectivity index (χ3n) is 9.16. The monoisotopic (exact) mass is 584 g/mol. The number of halogens is 2. The number of hydrogen-bond acceptors (Lipinski definition) is 4. The number of allylic oxidation sites excluding steroid dienone is 2. The van der Waals surface area contributed by atoms with Crippen molar-refractivity contribution in [2.75, 3.05) is 31.6 Å². The first-order valence-corrected chi connectivity index (χ1v) is 15.9. The van der Waals surface area contributed by atoms with Crippen LogP contribution in [0.15, 0.2) is 28.4 Å². The van der Waals surface area contributed by atoms with Gasteiger partial charge in [-0.2, -0.15) is 0 Å². The maximum absolute atomic E-state index is 15.1. The van der Waals surface area contributed by atoms with Crippen LogP contribution in [-0.2, 0) is 9.53 Å². The molecule has 42 heavy (non-hydrogen) atoms. The van der Waals surface area contributed by atoms with Crippen LogP contribution in [0.5, 0.6) is 0 Å². The molecule has 1 spiro atoms. The molecule has 8 heteroatoms. The van der Waals surface area contributed by atoms with E-state index in [4.69, 9.17) is 4.74 Å². The van der Waals surface area contributed by atoms with Crippen LogP contribution in [0.3, 0.4) is 0 Å². The normalized spacial score (nSPS) is 22.7. The quantitative estimate of drug-likeness (QED) is 0.221. The second kappa shape index (κ2) is 15.4.